The highest BCUT2D eigenvalue weighted by atomic mass is 19.1. The molecule has 1 unspecified atom stereocenters. The largest absolute Gasteiger partial charge is 0.247 e. The summed E-state index contributed by atoms with van der Waals surface area (Å²) >= 11 is 0. The van der Waals surface area contributed by atoms with Crippen LogP contribution in [-0.4, -0.2) is 6.17 Å². The van der Waals surface area contributed by atoms with Gasteiger partial charge in [0, 0.05) is 10.8 Å². The lowest BCUT2D eigenvalue weighted by atomic mass is 9.35. The highest BCUT2D eigenvalue weighted by Crippen LogP contribution is 2.75. The van der Waals surface area contributed by atoms with Crippen LogP contribution in [0.5, 0.6) is 0 Å². The number of rotatable bonds is 1. The molecule has 12 aliphatic rings. The Kier molecular flexibility index (Phi) is 11.7. The maximum absolute atomic E-state index is 12.7. The van der Waals surface area contributed by atoms with Gasteiger partial charge in [0.15, 0.2) is 0 Å². The number of hydrogen-bond donors (Lipinski definition) is 0. The predicted molar refractivity (Wildman–Crippen MR) is 169 cm³/mol. The zero-order valence-corrected chi connectivity index (χ0v) is 28.6. The molecule has 0 nitrogen and oxygen atoms in total. The summed E-state index contributed by atoms with van der Waals surface area (Å²) < 4.78 is 12.7. The van der Waals surface area contributed by atoms with Gasteiger partial charge in [0.05, 0.1) is 0 Å². The Morgan fingerprint density at radius 1 is 0.553 bits per heavy atom. The number of alkyl halides is 1. The highest BCUT2D eigenvalue weighted by molar-refractivity contribution is 5.27. The van der Waals surface area contributed by atoms with Crippen molar-refractivity contribution >= 4 is 0 Å². The van der Waals surface area contributed by atoms with Gasteiger partial charge in [-0.2, -0.15) is 0 Å². The van der Waals surface area contributed by atoms with Gasteiger partial charge in [-0.3, -0.25) is 0 Å². The van der Waals surface area contributed by atoms with Crippen molar-refractivity contribution in [3.63, 3.8) is 0 Å². The van der Waals surface area contributed by atoms with Crippen molar-refractivity contribution in [2.24, 2.45) is 43.8 Å². The predicted octanol–water partition coefficient (Wildman–Crippen LogP) is 12.5. The van der Waals surface area contributed by atoms with Crippen LogP contribution >= 0.6 is 0 Å². The quantitative estimate of drug-likeness (QED) is 0.294. The van der Waals surface area contributed by atoms with Crippen LogP contribution in [0.15, 0.2) is 0 Å². The summed E-state index contributed by atoms with van der Waals surface area (Å²) in [6, 6.07) is 0. The minimum Gasteiger partial charge on any atom is -0.247 e. The molecule has 0 N–H and O–H groups in total. The molecule has 12 saturated carbocycles. The first-order valence-electron chi connectivity index (χ1n) is 16.8. The monoisotopic (exact) mass is 533 g/mol. The molecule has 0 heterocycles. The molecule has 0 saturated heterocycles. The van der Waals surface area contributed by atoms with E-state index in [9.17, 15) is 4.39 Å². The Bertz CT molecular complexity index is 691. The number of terminal acetylenes is 1. The molecule has 8 bridgehead atoms. The van der Waals surface area contributed by atoms with E-state index in [1.165, 1.54) is 44.4 Å². The standard InChI is InChI=1S/C8H13F.C8H10.C7H12.C6H10.4C2H6/c1-6(9)8-3-7(2,4-8)5-8;1-3-8-4-7(2,5-8)6-8;1-6-3-7(2,4-6)5-6;1-6-2-5(3-6)4-6;4*1-2/h6H,3-5H2,1-2H3;1H,4-6H2,2H3;3-5H2,1-2H3;5H,2-4H2,1H3;4*1-2H3. The van der Waals surface area contributed by atoms with Crippen LogP contribution in [0.25, 0.3) is 0 Å². The molecule has 0 aliphatic heterocycles. The average molecular weight is 533 g/mol. The highest BCUT2D eigenvalue weighted by Gasteiger charge is 2.67. The van der Waals surface area contributed by atoms with Gasteiger partial charge >= 0.3 is 0 Å². The van der Waals surface area contributed by atoms with Gasteiger partial charge in [-0.25, -0.2) is 4.39 Å². The fraction of sp³-hybridized carbons (Fsp3) is 0.946. The minimum atomic E-state index is -0.556. The molecule has 0 amide bonds. The van der Waals surface area contributed by atoms with Crippen LogP contribution in [0.4, 0.5) is 4.39 Å². The first-order chi connectivity index (χ1) is 17.7. The van der Waals surface area contributed by atoms with E-state index in [0.29, 0.717) is 16.2 Å². The van der Waals surface area contributed by atoms with E-state index in [2.05, 4.69) is 40.5 Å². The first kappa shape index (κ1) is 35.5. The van der Waals surface area contributed by atoms with E-state index >= 15 is 0 Å². The van der Waals surface area contributed by atoms with Gasteiger partial charge < -0.3 is 0 Å². The van der Waals surface area contributed by atoms with Crippen LogP contribution in [0.2, 0.25) is 0 Å². The van der Waals surface area contributed by atoms with Crippen molar-refractivity contribution in [1.29, 1.82) is 0 Å². The van der Waals surface area contributed by atoms with Crippen molar-refractivity contribution < 1.29 is 4.39 Å². The van der Waals surface area contributed by atoms with Crippen LogP contribution in [-0.2, 0) is 0 Å². The molecule has 0 aromatic rings. The molecule has 0 spiro atoms. The lowest BCUT2D eigenvalue weighted by molar-refractivity contribution is -0.223. The second-order valence-electron chi connectivity index (χ2n) is 15.5. The molecule has 1 heteroatoms. The van der Waals surface area contributed by atoms with E-state index in [-0.39, 0.29) is 5.41 Å². The molecular weight excluding hydrogens is 463 g/mol. The smallest absolute Gasteiger partial charge is 0.103 e. The molecule has 38 heavy (non-hydrogen) atoms. The van der Waals surface area contributed by atoms with Crippen LogP contribution in [0.1, 0.15) is 174 Å². The summed E-state index contributed by atoms with van der Waals surface area (Å²) in [7, 11) is 0. The summed E-state index contributed by atoms with van der Waals surface area (Å²) in [5, 5.41) is 0. The molecule has 0 radical (unpaired) electrons. The maximum atomic E-state index is 12.7. The molecule has 224 valence electrons. The van der Waals surface area contributed by atoms with Gasteiger partial charge in [0.1, 0.15) is 6.17 Å². The van der Waals surface area contributed by atoms with Crippen LogP contribution in [0, 0.1) is 56.2 Å². The van der Waals surface area contributed by atoms with E-state index in [1.54, 1.807) is 26.2 Å². The Balaban J connectivity index is 0.000000234. The third kappa shape index (κ3) is 7.03. The summed E-state index contributed by atoms with van der Waals surface area (Å²) in [4.78, 5) is 0. The number of halogens is 1. The van der Waals surface area contributed by atoms with Gasteiger partial charge in [-0.05, 0) is 117 Å². The molecule has 0 aromatic carbocycles. The maximum Gasteiger partial charge on any atom is 0.103 e. The SMILES string of the molecule is C#CC12CC(C)(C1)C2.CC.CC.CC.CC.CC(F)C12CC(C)(C1)C2.CC12CC(C)(C1)C2.CC12CC(C1)C2. The van der Waals surface area contributed by atoms with E-state index in [1.807, 2.05) is 55.4 Å². The van der Waals surface area contributed by atoms with E-state index < -0.39 is 6.17 Å². The summed E-state index contributed by atoms with van der Waals surface area (Å²) in [5.41, 5.74) is 4.34. The van der Waals surface area contributed by atoms with Crippen molar-refractivity contribution in [3.8, 4) is 12.3 Å². The van der Waals surface area contributed by atoms with E-state index in [4.69, 9.17) is 6.42 Å². The fourth-order valence-corrected chi connectivity index (χ4v) is 10.1. The minimum absolute atomic E-state index is 0.161. The zero-order valence-electron chi connectivity index (χ0n) is 28.6. The molecule has 1 atom stereocenters. The van der Waals surface area contributed by atoms with Crippen molar-refractivity contribution in [1.82, 2.24) is 0 Å². The van der Waals surface area contributed by atoms with Gasteiger partial charge in [-0.1, -0.05) is 95.9 Å². The first-order valence-corrected chi connectivity index (χ1v) is 16.8. The third-order valence-electron chi connectivity index (χ3n) is 10.7. The summed E-state index contributed by atoms with van der Waals surface area (Å²) in [6.07, 6.45) is 21.3. The Labute approximate surface area is 240 Å². The number of hydrogen-bond acceptors (Lipinski definition) is 0. The summed E-state index contributed by atoms with van der Waals surface area (Å²) in [6.45, 7) is 29.5. The molecular formula is C37H69F. The van der Waals surface area contributed by atoms with Crippen molar-refractivity contribution in [2.75, 3.05) is 0 Å². The lowest BCUT2D eigenvalue weighted by Crippen LogP contribution is -2.63. The Morgan fingerprint density at radius 3 is 0.868 bits per heavy atom. The Hall–Kier alpha value is -0.510. The topological polar surface area (TPSA) is 0 Å². The van der Waals surface area contributed by atoms with Gasteiger partial charge in [-0.15, -0.1) is 6.42 Å². The lowest BCUT2D eigenvalue weighted by Gasteiger charge is -2.70. The third-order valence-corrected chi connectivity index (χ3v) is 10.7. The Morgan fingerprint density at radius 2 is 0.816 bits per heavy atom. The van der Waals surface area contributed by atoms with Crippen LogP contribution < -0.4 is 0 Å². The molecule has 12 aliphatic carbocycles. The second-order valence-corrected chi connectivity index (χ2v) is 15.5. The normalized spacial score (nSPS) is 48.5. The molecule has 12 rings (SSSR count). The van der Waals surface area contributed by atoms with Crippen molar-refractivity contribution in [2.45, 2.75) is 180 Å². The fourth-order valence-electron chi connectivity index (χ4n) is 10.1. The molecule has 12 fully saturated rings. The van der Waals surface area contributed by atoms with Gasteiger partial charge in [0.25, 0.3) is 0 Å². The van der Waals surface area contributed by atoms with Crippen LogP contribution in [0.3, 0.4) is 0 Å². The second kappa shape index (κ2) is 12.6. The van der Waals surface area contributed by atoms with Gasteiger partial charge in [0.2, 0.25) is 0 Å². The van der Waals surface area contributed by atoms with Crippen molar-refractivity contribution in [3.05, 3.63) is 0 Å². The molecule has 0 aromatic heterocycles. The zero-order chi connectivity index (χ0) is 29.8. The average Bonchev–Trinajstić information content (AvgIpc) is 2.76. The van der Waals surface area contributed by atoms with E-state index in [0.717, 1.165) is 35.5 Å². The summed E-state index contributed by atoms with van der Waals surface area (Å²) in [5.74, 6) is 4.04.